The van der Waals surface area contributed by atoms with Gasteiger partial charge in [-0.25, -0.2) is 0 Å². The number of allylic oxidation sites excluding steroid dienone is 2. The van der Waals surface area contributed by atoms with Gasteiger partial charge in [0.1, 0.15) is 12.4 Å². The summed E-state index contributed by atoms with van der Waals surface area (Å²) in [4.78, 5) is 2.74. The van der Waals surface area contributed by atoms with Crippen LogP contribution in [0.25, 0.3) is 0 Å². The largest absolute Gasteiger partial charge is 0.497 e. The Morgan fingerprint density at radius 2 is 2.03 bits per heavy atom. The van der Waals surface area contributed by atoms with E-state index in [1.165, 1.54) is 36.1 Å². The number of hydrogen-bond acceptors (Lipinski definition) is 4. The first kappa shape index (κ1) is 20.2. The molecule has 2 heterocycles. The standard InChI is InChI=1S/C28H28BrNO3/c1-31-23-10-9-20-22-13-19-21(29)14-24(32-16-18-5-3-2-4-6-18)26-25(19)28(20,27(23)33-26)11-12-30(22)15-17-7-8-17/h2-6,9-10,14,17,22,27H,7-8,11-13,15-16H2,1H3/t22-,27+,28+/m1/s1. The lowest BCUT2D eigenvalue weighted by Gasteiger charge is -2.53. The van der Waals surface area contributed by atoms with E-state index in [1.807, 2.05) is 18.2 Å². The molecular formula is C28H28BrNO3. The molecule has 170 valence electrons. The van der Waals surface area contributed by atoms with Crippen molar-refractivity contribution >= 4 is 15.9 Å². The minimum atomic E-state index is -0.150. The molecule has 2 fully saturated rings. The van der Waals surface area contributed by atoms with Crippen molar-refractivity contribution in [1.82, 2.24) is 4.90 Å². The Balaban J connectivity index is 1.35. The fourth-order valence-electron chi connectivity index (χ4n) is 6.57. The Morgan fingerprint density at radius 1 is 1.18 bits per heavy atom. The zero-order chi connectivity index (χ0) is 22.2. The first-order chi connectivity index (χ1) is 16.2. The summed E-state index contributed by atoms with van der Waals surface area (Å²) in [5.74, 6) is 3.54. The second kappa shape index (κ2) is 7.38. The lowest BCUT2D eigenvalue weighted by Crippen LogP contribution is -2.59. The highest BCUT2D eigenvalue weighted by molar-refractivity contribution is 9.10. The molecule has 33 heavy (non-hydrogen) atoms. The second-order valence-electron chi connectivity index (χ2n) is 10.1. The summed E-state index contributed by atoms with van der Waals surface area (Å²) in [5, 5.41) is 0. The number of ether oxygens (including phenoxy) is 3. The summed E-state index contributed by atoms with van der Waals surface area (Å²) >= 11 is 3.93. The van der Waals surface area contributed by atoms with Crippen molar-refractivity contribution in [1.29, 1.82) is 0 Å². The number of rotatable bonds is 6. The maximum atomic E-state index is 6.79. The average molecular weight is 506 g/mol. The highest BCUT2D eigenvalue weighted by atomic mass is 79.9. The van der Waals surface area contributed by atoms with Crippen LogP contribution in [0.15, 0.2) is 64.4 Å². The molecule has 7 rings (SSSR count). The van der Waals surface area contributed by atoms with Crippen LogP contribution in [0.4, 0.5) is 0 Å². The number of likely N-dealkylation sites (tertiary alicyclic amines) is 1. The number of nitrogens with zero attached hydrogens (tertiary/aromatic N) is 1. The van der Waals surface area contributed by atoms with Crippen molar-refractivity contribution < 1.29 is 14.2 Å². The van der Waals surface area contributed by atoms with E-state index < -0.39 is 0 Å². The molecule has 1 saturated heterocycles. The van der Waals surface area contributed by atoms with Gasteiger partial charge < -0.3 is 14.2 Å². The van der Waals surface area contributed by atoms with Gasteiger partial charge in [-0.1, -0.05) is 52.3 Å². The summed E-state index contributed by atoms with van der Waals surface area (Å²) in [7, 11) is 1.76. The van der Waals surface area contributed by atoms with Gasteiger partial charge in [0.05, 0.1) is 12.5 Å². The fraction of sp³-hybridized carbons (Fsp3) is 0.429. The number of halogens is 1. The van der Waals surface area contributed by atoms with E-state index >= 15 is 0 Å². The van der Waals surface area contributed by atoms with Crippen molar-refractivity contribution in [2.75, 3.05) is 20.2 Å². The monoisotopic (exact) mass is 505 g/mol. The SMILES string of the molecule is COC1=CC=C2[C@H]3Cc4c(Br)cc(OCc5ccccc5)c5c4[C@@]2(CCN3CC2CC2)[C@H]1O5. The molecule has 2 bridgehead atoms. The Hall–Kier alpha value is -2.24. The van der Waals surface area contributed by atoms with Gasteiger partial charge in [0, 0.05) is 29.2 Å². The number of methoxy groups -OCH3 is 1. The molecule has 1 spiro atoms. The lowest BCUT2D eigenvalue weighted by atomic mass is 9.57. The van der Waals surface area contributed by atoms with Crippen molar-refractivity contribution in [3.63, 3.8) is 0 Å². The van der Waals surface area contributed by atoms with Gasteiger partial charge in [0.15, 0.2) is 17.6 Å². The van der Waals surface area contributed by atoms with Crippen molar-refractivity contribution in [2.45, 2.75) is 49.9 Å². The van der Waals surface area contributed by atoms with Gasteiger partial charge in [-0.2, -0.15) is 0 Å². The quantitative estimate of drug-likeness (QED) is 0.515. The van der Waals surface area contributed by atoms with Crippen LogP contribution in [0.5, 0.6) is 11.5 Å². The molecule has 2 aliphatic heterocycles. The summed E-state index contributed by atoms with van der Waals surface area (Å²) in [5.41, 5.74) is 5.24. The van der Waals surface area contributed by atoms with Gasteiger partial charge in [0.2, 0.25) is 0 Å². The van der Waals surface area contributed by atoms with Gasteiger partial charge in [-0.15, -0.1) is 0 Å². The van der Waals surface area contributed by atoms with Crippen LogP contribution < -0.4 is 9.47 Å². The normalized spacial score (nSPS) is 29.0. The highest BCUT2D eigenvalue weighted by Gasteiger charge is 2.63. The predicted octanol–water partition coefficient (Wildman–Crippen LogP) is 5.54. The maximum absolute atomic E-state index is 6.79. The topological polar surface area (TPSA) is 30.9 Å². The van der Waals surface area contributed by atoms with Crippen LogP contribution in [-0.4, -0.2) is 37.2 Å². The summed E-state index contributed by atoms with van der Waals surface area (Å²) < 4.78 is 20.2. The molecular weight excluding hydrogens is 478 g/mol. The van der Waals surface area contributed by atoms with Crippen molar-refractivity contribution in [2.24, 2.45) is 5.92 Å². The third-order valence-corrected chi connectivity index (χ3v) is 8.99. The van der Waals surface area contributed by atoms with Gasteiger partial charge >= 0.3 is 0 Å². The van der Waals surface area contributed by atoms with Gasteiger partial charge in [-0.05, 0) is 60.4 Å². The summed E-state index contributed by atoms with van der Waals surface area (Å²) in [6.07, 6.45) is 9.22. The van der Waals surface area contributed by atoms with Crippen LogP contribution in [0, 0.1) is 5.92 Å². The maximum Gasteiger partial charge on any atom is 0.169 e. The fourth-order valence-corrected chi connectivity index (χ4v) is 7.14. The van der Waals surface area contributed by atoms with Crippen LogP contribution in [0.2, 0.25) is 0 Å². The van der Waals surface area contributed by atoms with E-state index in [-0.39, 0.29) is 11.5 Å². The Bertz CT molecular complexity index is 1190. The smallest absolute Gasteiger partial charge is 0.169 e. The number of piperidine rings is 1. The molecule has 2 aromatic rings. The molecule has 0 amide bonds. The number of hydrogen-bond donors (Lipinski definition) is 0. The van der Waals surface area contributed by atoms with Crippen molar-refractivity contribution in [3.05, 3.63) is 81.0 Å². The molecule has 4 nitrogen and oxygen atoms in total. The van der Waals surface area contributed by atoms with E-state index in [0.717, 1.165) is 52.6 Å². The average Bonchev–Trinajstić information content (AvgIpc) is 3.59. The molecule has 5 aliphatic rings. The zero-order valence-electron chi connectivity index (χ0n) is 18.9. The Morgan fingerprint density at radius 3 is 2.82 bits per heavy atom. The summed E-state index contributed by atoms with van der Waals surface area (Å²) in [6.45, 7) is 2.86. The zero-order valence-corrected chi connectivity index (χ0v) is 20.4. The lowest BCUT2D eigenvalue weighted by molar-refractivity contribution is 0.0621. The number of benzene rings is 2. The third kappa shape index (κ3) is 2.91. The van der Waals surface area contributed by atoms with E-state index in [0.29, 0.717) is 12.6 Å². The predicted molar refractivity (Wildman–Crippen MR) is 131 cm³/mol. The molecule has 3 atom stereocenters. The molecule has 1 saturated carbocycles. The minimum Gasteiger partial charge on any atom is -0.497 e. The molecule has 0 radical (unpaired) electrons. The van der Waals surface area contributed by atoms with E-state index in [2.05, 4.69) is 51.2 Å². The molecule has 0 aromatic heterocycles. The van der Waals surface area contributed by atoms with Crippen LogP contribution in [0.1, 0.15) is 36.0 Å². The van der Waals surface area contributed by atoms with Crippen molar-refractivity contribution in [3.8, 4) is 11.5 Å². The third-order valence-electron chi connectivity index (χ3n) is 8.28. The van der Waals surface area contributed by atoms with Gasteiger partial charge in [-0.3, -0.25) is 4.90 Å². The molecule has 0 N–H and O–H groups in total. The minimum absolute atomic E-state index is 0.115. The van der Waals surface area contributed by atoms with E-state index in [4.69, 9.17) is 14.2 Å². The highest BCUT2D eigenvalue weighted by Crippen LogP contribution is 2.64. The van der Waals surface area contributed by atoms with Crippen LogP contribution in [-0.2, 0) is 23.2 Å². The first-order valence-electron chi connectivity index (χ1n) is 12.1. The van der Waals surface area contributed by atoms with Crippen LogP contribution in [0.3, 0.4) is 0 Å². The Kier molecular flexibility index (Phi) is 4.51. The van der Waals surface area contributed by atoms with Crippen LogP contribution >= 0.6 is 15.9 Å². The van der Waals surface area contributed by atoms with E-state index in [9.17, 15) is 0 Å². The molecule has 2 aromatic carbocycles. The molecule has 5 heteroatoms. The first-order valence-corrected chi connectivity index (χ1v) is 12.9. The molecule has 0 unspecified atom stereocenters. The van der Waals surface area contributed by atoms with Gasteiger partial charge in [0.25, 0.3) is 0 Å². The Labute approximate surface area is 203 Å². The summed E-state index contributed by atoms with van der Waals surface area (Å²) in [6, 6.07) is 12.9. The molecule has 3 aliphatic carbocycles. The van der Waals surface area contributed by atoms with E-state index in [1.54, 1.807) is 7.11 Å². The second-order valence-corrected chi connectivity index (χ2v) is 10.9.